The molecule has 0 radical (unpaired) electrons. The summed E-state index contributed by atoms with van der Waals surface area (Å²) in [4.78, 5) is 0. The average molecular weight is 267 g/mol. The molecule has 0 bridgehead atoms. The minimum atomic E-state index is -0.0201. The molecule has 2 atom stereocenters. The van der Waals surface area contributed by atoms with Gasteiger partial charge in [0.2, 0.25) is 0 Å². The summed E-state index contributed by atoms with van der Waals surface area (Å²) in [5.74, 6) is 1.63. The highest BCUT2D eigenvalue weighted by Gasteiger charge is 2.34. The number of nitrogens with one attached hydrogen (secondary N) is 1. The molecule has 0 heterocycles. The van der Waals surface area contributed by atoms with Gasteiger partial charge in [0.25, 0.3) is 0 Å². The fourth-order valence-electron chi connectivity index (χ4n) is 4.08. The van der Waals surface area contributed by atoms with Gasteiger partial charge in [0, 0.05) is 6.04 Å². The maximum absolute atomic E-state index is 9.57. The molecule has 2 rings (SSSR count). The third-order valence-electron chi connectivity index (χ3n) is 5.36. The molecule has 2 saturated carbocycles. The molecule has 0 amide bonds. The van der Waals surface area contributed by atoms with Crippen molar-refractivity contribution in [3.8, 4) is 0 Å². The lowest BCUT2D eigenvalue weighted by Gasteiger charge is -2.41. The minimum Gasteiger partial charge on any atom is -0.393 e. The summed E-state index contributed by atoms with van der Waals surface area (Å²) in [7, 11) is 0. The van der Waals surface area contributed by atoms with E-state index in [2.05, 4.69) is 26.1 Å². The minimum absolute atomic E-state index is 0.0201. The third kappa shape index (κ3) is 4.46. The molecule has 2 N–H and O–H groups in total. The Hall–Kier alpha value is -0.0800. The van der Waals surface area contributed by atoms with Crippen LogP contribution in [-0.4, -0.2) is 23.8 Å². The fourth-order valence-corrected chi connectivity index (χ4v) is 4.08. The van der Waals surface area contributed by atoms with E-state index in [1.54, 1.807) is 0 Å². The van der Waals surface area contributed by atoms with Gasteiger partial charge in [-0.1, -0.05) is 33.6 Å². The van der Waals surface area contributed by atoms with Crippen LogP contribution in [-0.2, 0) is 0 Å². The lowest BCUT2D eigenvalue weighted by Crippen LogP contribution is -2.46. The molecular formula is C17H33NO. The van der Waals surface area contributed by atoms with Crippen molar-refractivity contribution in [3.63, 3.8) is 0 Å². The molecule has 0 aromatic rings. The first-order valence-electron chi connectivity index (χ1n) is 8.38. The Bertz CT molecular complexity index is 263. The van der Waals surface area contributed by atoms with E-state index in [1.807, 2.05) is 0 Å². The van der Waals surface area contributed by atoms with Crippen LogP contribution in [0.3, 0.4) is 0 Å². The van der Waals surface area contributed by atoms with Gasteiger partial charge in [-0.2, -0.15) is 0 Å². The molecule has 19 heavy (non-hydrogen) atoms. The molecule has 0 aromatic heterocycles. The van der Waals surface area contributed by atoms with Crippen molar-refractivity contribution in [2.75, 3.05) is 6.54 Å². The number of hydrogen-bond donors (Lipinski definition) is 2. The second-order valence-corrected chi connectivity index (χ2v) is 7.95. The maximum Gasteiger partial charge on any atom is 0.0540 e. The molecule has 0 spiro atoms. The quantitative estimate of drug-likeness (QED) is 0.816. The number of aliphatic hydroxyl groups is 1. The SMILES string of the molecule is CC(C)(C)C1CCCCC1NCC1CCC(O)CC1. The monoisotopic (exact) mass is 267 g/mol. The van der Waals surface area contributed by atoms with Crippen LogP contribution in [0.25, 0.3) is 0 Å². The molecule has 112 valence electrons. The zero-order valence-corrected chi connectivity index (χ0v) is 13.1. The normalized spacial score (nSPS) is 37.3. The van der Waals surface area contributed by atoms with Gasteiger partial charge in [-0.15, -0.1) is 0 Å². The summed E-state index contributed by atoms with van der Waals surface area (Å²) in [6.45, 7) is 8.36. The Morgan fingerprint density at radius 1 is 0.947 bits per heavy atom. The van der Waals surface area contributed by atoms with Crippen LogP contribution in [0.15, 0.2) is 0 Å². The van der Waals surface area contributed by atoms with E-state index >= 15 is 0 Å². The van der Waals surface area contributed by atoms with Crippen molar-refractivity contribution in [3.05, 3.63) is 0 Å². The first-order chi connectivity index (χ1) is 8.97. The van der Waals surface area contributed by atoms with Crippen LogP contribution >= 0.6 is 0 Å². The van der Waals surface area contributed by atoms with Crippen molar-refractivity contribution in [1.29, 1.82) is 0 Å². The van der Waals surface area contributed by atoms with Gasteiger partial charge in [0.15, 0.2) is 0 Å². The fraction of sp³-hybridized carbons (Fsp3) is 1.00. The first-order valence-corrected chi connectivity index (χ1v) is 8.38. The molecule has 2 aliphatic carbocycles. The molecule has 0 aliphatic heterocycles. The molecule has 2 unspecified atom stereocenters. The van der Waals surface area contributed by atoms with Gasteiger partial charge in [-0.3, -0.25) is 0 Å². The first kappa shape index (κ1) is 15.3. The molecule has 0 aromatic carbocycles. The second-order valence-electron chi connectivity index (χ2n) is 7.95. The van der Waals surface area contributed by atoms with Crippen molar-refractivity contribution in [1.82, 2.24) is 5.32 Å². The van der Waals surface area contributed by atoms with Crippen LogP contribution in [0.5, 0.6) is 0 Å². The Kier molecular flexibility index (Phi) is 5.30. The standard InChI is InChI=1S/C17H33NO/c1-17(2,3)15-6-4-5-7-16(15)18-12-13-8-10-14(19)11-9-13/h13-16,18-19H,4-12H2,1-3H3. The van der Waals surface area contributed by atoms with Gasteiger partial charge >= 0.3 is 0 Å². The van der Waals surface area contributed by atoms with Gasteiger partial charge in [-0.05, 0) is 62.3 Å². The van der Waals surface area contributed by atoms with Crippen LogP contribution in [0.1, 0.15) is 72.1 Å². The predicted molar refractivity (Wildman–Crippen MR) is 81.2 cm³/mol. The summed E-state index contributed by atoms with van der Waals surface area (Å²) in [6, 6.07) is 0.723. The summed E-state index contributed by atoms with van der Waals surface area (Å²) in [5, 5.41) is 13.5. The Labute approximate surface area is 119 Å². The highest BCUT2D eigenvalue weighted by atomic mass is 16.3. The van der Waals surface area contributed by atoms with Crippen LogP contribution in [0.2, 0.25) is 0 Å². The number of rotatable bonds is 3. The van der Waals surface area contributed by atoms with E-state index in [0.717, 1.165) is 30.7 Å². The lowest BCUT2D eigenvalue weighted by molar-refractivity contribution is 0.0975. The Morgan fingerprint density at radius 2 is 1.58 bits per heavy atom. The average Bonchev–Trinajstić information content (AvgIpc) is 2.37. The molecular weight excluding hydrogens is 234 g/mol. The lowest BCUT2D eigenvalue weighted by atomic mass is 9.69. The van der Waals surface area contributed by atoms with Gasteiger partial charge in [0.1, 0.15) is 0 Å². The zero-order chi connectivity index (χ0) is 13.9. The van der Waals surface area contributed by atoms with E-state index in [9.17, 15) is 5.11 Å². The number of aliphatic hydroxyl groups excluding tert-OH is 1. The topological polar surface area (TPSA) is 32.3 Å². The highest BCUT2D eigenvalue weighted by Crippen LogP contribution is 2.38. The predicted octanol–water partition coefficient (Wildman–Crippen LogP) is 3.73. The third-order valence-corrected chi connectivity index (χ3v) is 5.36. The van der Waals surface area contributed by atoms with Gasteiger partial charge < -0.3 is 10.4 Å². The van der Waals surface area contributed by atoms with E-state index < -0.39 is 0 Å². The summed E-state index contributed by atoms with van der Waals surface area (Å²) in [6.07, 6.45) is 9.99. The summed E-state index contributed by atoms with van der Waals surface area (Å²) in [5.41, 5.74) is 0.431. The Balaban J connectivity index is 1.80. The highest BCUT2D eigenvalue weighted by molar-refractivity contribution is 4.89. The summed E-state index contributed by atoms with van der Waals surface area (Å²) < 4.78 is 0. The van der Waals surface area contributed by atoms with Gasteiger partial charge in [0.05, 0.1) is 6.10 Å². The zero-order valence-electron chi connectivity index (χ0n) is 13.1. The van der Waals surface area contributed by atoms with Gasteiger partial charge in [-0.25, -0.2) is 0 Å². The van der Waals surface area contributed by atoms with Crippen molar-refractivity contribution < 1.29 is 5.11 Å². The van der Waals surface area contributed by atoms with Crippen molar-refractivity contribution in [2.45, 2.75) is 84.3 Å². The smallest absolute Gasteiger partial charge is 0.0540 e. The molecule has 2 heteroatoms. The van der Waals surface area contributed by atoms with E-state index in [4.69, 9.17) is 0 Å². The van der Waals surface area contributed by atoms with E-state index in [0.29, 0.717) is 5.41 Å². The van der Waals surface area contributed by atoms with Crippen LogP contribution < -0.4 is 5.32 Å². The van der Waals surface area contributed by atoms with E-state index in [1.165, 1.54) is 45.1 Å². The van der Waals surface area contributed by atoms with Crippen molar-refractivity contribution in [2.24, 2.45) is 17.3 Å². The number of hydrogen-bond acceptors (Lipinski definition) is 2. The largest absolute Gasteiger partial charge is 0.393 e. The van der Waals surface area contributed by atoms with Crippen LogP contribution in [0, 0.1) is 17.3 Å². The van der Waals surface area contributed by atoms with Crippen molar-refractivity contribution >= 4 is 0 Å². The molecule has 2 fully saturated rings. The molecule has 0 saturated heterocycles. The second kappa shape index (κ2) is 6.58. The van der Waals surface area contributed by atoms with E-state index in [-0.39, 0.29) is 6.10 Å². The van der Waals surface area contributed by atoms with Crippen LogP contribution in [0.4, 0.5) is 0 Å². The molecule has 2 aliphatic rings. The molecule has 2 nitrogen and oxygen atoms in total. The Morgan fingerprint density at radius 3 is 2.21 bits per heavy atom. The summed E-state index contributed by atoms with van der Waals surface area (Å²) >= 11 is 0. The maximum atomic E-state index is 9.57.